The summed E-state index contributed by atoms with van der Waals surface area (Å²) >= 11 is 0. The molecule has 0 saturated carbocycles. The molecule has 0 saturated heterocycles. The zero-order valence-electron chi connectivity index (χ0n) is 14.2. The zero-order chi connectivity index (χ0) is 18.5. The Labute approximate surface area is 150 Å². The van der Waals surface area contributed by atoms with E-state index >= 15 is 0 Å². The molecule has 0 fully saturated rings. The third kappa shape index (κ3) is 4.07. The second kappa shape index (κ2) is 7.79. The van der Waals surface area contributed by atoms with E-state index < -0.39 is 6.03 Å². The Kier molecular flexibility index (Phi) is 5.28. The summed E-state index contributed by atoms with van der Waals surface area (Å²) in [5.41, 5.74) is 3.81. The van der Waals surface area contributed by atoms with Crippen molar-refractivity contribution in [3.05, 3.63) is 66.1 Å². The van der Waals surface area contributed by atoms with E-state index in [2.05, 4.69) is 15.7 Å². The van der Waals surface area contributed by atoms with E-state index in [0.29, 0.717) is 17.8 Å². The minimum Gasteiger partial charge on any atom is -0.396 e. The monoisotopic (exact) mass is 354 g/mol. The molecule has 0 aliphatic heterocycles. The molecule has 1 heterocycles. The molecule has 0 spiro atoms. The van der Waals surface area contributed by atoms with Crippen LogP contribution in [-0.2, 0) is 13.5 Å². The number of aliphatic hydroxyl groups excluding tert-OH is 1. The highest BCUT2D eigenvalue weighted by Crippen LogP contribution is 2.26. The van der Waals surface area contributed by atoms with Gasteiger partial charge in [0.2, 0.25) is 0 Å². The maximum atomic E-state index is 12.9. The van der Waals surface area contributed by atoms with Gasteiger partial charge in [0.15, 0.2) is 0 Å². The number of rotatable bonds is 5. The van der Waals surface area contributed by atoms with Gasteiger partial charge in [0.25, 0.3) is 0 Å². The van der Waals surface area contributed by atoms with Crippen molar-refractivity contribution >= 4 is 17.4 Å². The smallest absolute Gasteiger partial charge is 0.323 e. The Morgan fingerprint density at radius 1 is 1.15 bits per heavy atom. The van der Waals surface area contributed by atoms with Crippen molar-refractivity contribution in [1.82, 2.24) is 9.78 Å². The summed E-state index contributed by atoms with van der Waals surface area (Å²) in [4.78, 5) is 12.1. The van der Waals surface area contributed by atoms with Gasteiger partial charge in [-0.3, -0.25) is 4.68 Å². The molecule has 6 nitrogen and oxygen atoms in total. The third-order valence-electron chi connectivity index (χ3n) is 3.89. The molecule has 2 amide bonds. The minimum atomic E-state index is -0.422. The largest absolute Gasteiger partial charge is 0.396 e. The Morgan fingerprint density at radius 2 is 1.88 bits per heavy atom. The standard InChI is InChI=1S/C19H19FN4O2/c1-24-18(14(9-10-25)12-21-24)13-3-2-4-17(11-13)23-19(26)22-16-7-5-15(20)6-8-16/h2-8,11-12,25H,9-10H2,1H3,(H2,22,23,26). The number of aryl methyl sites for hydroxylation is 1. The van der Waals surface area contributed by atoms with Crippen molar-refractivity contribution in [1.29, 1.82) is 0 Å². The number of benzene rings is 2. The van der Waals surface area contributed by atoms with Gasteiger partial charge in [-0.25, -0.2) is 9.18 Å². The number of carbonyl (C=O) groups excluding carboxylic acids is 1. The van der Waals surface area contributed by atoms with Crippen molar-refractivity contribution < 1.29 is 14.3 Å². The summed E-state index contributed by atoms with van der Waals surface area (Å²) in [6, 6.07) is 12.5. The average molecular weight is 354 g/mol. The molecule has 0 unspecified atom stereocenters. The lowest BCUT2D eigenvalue weighted by molar-refractivity contribution is 0.262. The number of halogens is 1. The molecule has 2 aromatic carbocycles. The lowest BCUT2D eigenvalue weighted by Gasteiger charge is -2.10. The molecule has 1 aromatic heterocycles. The zero-order valence-corrected chi connectivity index (χ0v) is 14.2. The SMILES string of the molecule is Cn1ncc(CCO)c1-c1cccc(NC(=O)Nc2ccc(F)cc2)c1. The normalized spacial score (nSPS) is 10.6. The highest BCUT2D eigenvalue weighted by atomic mass is 19.1. The lowest BCUT2D eigenvalue weighted by Crippen LogP contribution is -2.19. The molecule has 0 aliphatic carbocycles. The van der Waals surface area contributed by atoms with Crippen LogP contribution in [0.3, 0.4) is 0 Å². The molecule has 0 atom stereocenters. The number of amides is 2. The summed E-state index contributed by atoms with van der Waals surface area (Å²) < 4.78 is 14.7. The molecular formula is C19H19FN4O2. The first-order valence-electron chi connectivity index (χ1n) is 8.12. The topological polar surface area (TPSA) is 79.2 Å². The first-order valence-corrected chi connectivity index (χ1v) is 8.12. The molecule has 26 heavy (non-hydrogen) atoms. The van der Waals surface area contributed by atoms with Gasteiger partial charge < -0.3 is 15.7 Å². The van der Waals surface area contributed by atoms with Gasteiger partial charge in [-0.1, -0.05) is 12.1 Å². The highest BCUT2D eigenvalue weighted by Gasteiger charge is 2.12. The van der Waals surface area contributed by atoms with Crippen LogP contribution in [0.5, 0.6) is 0 Å². The van der Waals surface area contributed by atoms with Crippen molar-refractivity contribution in [2.24, 2.45) is 7.05 Å². The summed E-state index contributed by atoms with van der Waals surface area (Å²) in [7, 11) is 1.83. The predicted molar refractivity (Wildman–Crippen MR) is 98.5 cm³/mol. The quantitative estimate of drug-likeness (QED) is 0.657. The number of hydrogen-bond acceptors (Lipinski definition) is 3. The Hall–Kier alpha value is -3.19. The number of anilines is 2. The molecule has 3 N–H and O–H groups in total. The fourth-order valence-electron chi connectivity index (χ4n) is 2.73. The van der Waals surface area contributed by atoms with Crippen LogP contribution in [0.2, 0.25) is 0 Å². The number of carbonyl (C=O) groups is 1. The van der Waals surface area contributed by atoms with Crippen LogP contribution in [0.25, 0.3) is 11.3 Å². The lowest BCUT2D eigenvalue weighted by atomic mass is 10.1. The van der Waals surface area contributed by atoms with Crippen LogP contribution >= 0.6 is 0 Å². The van der Waals surface area contributed by atoms with E-state index in [-0.39, 0.29) is 12.4 Å². The molecule has 0 aliphatic rings. The number of nitrogens with zero attached hydrogens (tertiary/aromatic N) is 2. The van der Waals surface area contributed by atoms with Crippen LogP contribution < -0.4 is 10.6 Å². The van der Waals surface area contributed by atoms with E-state index in [9.17, 15) is 14.3 Å². The van der Waals surface area contributed by atoms with E-state index in [1.165, 1.54) is 24.3 Å². The summed E-state index contributed by atoms with van der Waals surface area (Å²) in [5, 5.41) is 18.8. The highest BCUT2D eigenvalue weighted by molar-refractivity contribution is 6.00. The first-order chi connectivity index (χ1) is 12.6. The molecule has 7 heteroatoms. The Bertz CT molecular complexity index is 906. The number of urea groups is 1. The van der Waals surface area contributed by atoms with Gasteiger partial charge in [-0.15, -0.1) is 0 Å². The second-order valence-electron chi connectivity index (χ2n) is 5.78. The predicted octanol–water partition coefficient (Wildman–Crippen LogP) is 3.41. The van der Waals surface area contributed by atoms with E-state index in [1.54, 1.807) is 16.9 Å². The molecule has 0 radical (unpaired) electrons. The number of nitrogens with one attached hydrogen (secondary N) is 2. The number of aromatic nitrogens is 2. The number of aliphatic hydroxyl groups is 1. The molecule has 0 bridgehead atoms. The van der Waals surface area contributed by atoms with E-state index in [4.69, 9.17) is 0 Å². The van der Waals surface area contributed by atoms with Gasteiger partial charge in [-0.05, 0) is 42.8 Å². The van der Waals surface area contributed by atoms with Crippen molar-refractivity contribution in [2.45, 2.75) is 6.42 Å². The van der Waals surface area contributed by atoms with Gasteiger partial charge in [0.1, 0.15) is 5.82 Å². The molecular weight excluding hydrogens is 335 g/mol. The Morgan fingerprint density at radius 3 is 2.62 bits per heavy atom. The van der Waals surface area contributed by atoms with Crippen LogP contribution in [0.4, 0.5) is 20.6 Å². The van der Waals surface area contributed by atoms with Gasteiger partial charge in [0, 0.05) is 36.2 Å². The minimum absolute atomic E-state index is 0.0384. The first kappa shape index (κ1) is 17.6. The summed E-state index contributed by atoms with van der Waals surface area (Å²) in [6.07, 6.45) is 2.23. The second-order valence-corrected chi connectivity index (χ2v) is 5.78. The van der Waals surface area contributed by atoms with Crippen molar-refractivity contribution in [2.75, 3.05) is 17.2 Å². The van der Waals surface area contributed by atoms with Crippen molar-refractivity contribution in [3.8, 4) is 11.3 Å². The maximum absolute atomic E-state index is 12.9. The molecule has 3 aromatic rings. The molecule has 134 valence electrons. The van der Waals surface area contributed by atoms with Crippen molar-refractivity contribution in [3.63, 3.8) is 0 Å². The van der Waals surface area contributed by atoms with Gasteiger partial charge >= 0.3 is 6.03 Å². The fourth-order valence-corrected chi connectivity index (χ4v) is 2.73. The van der Waals surface area contributed by atoms with Crippen LogP contribution in [0.1, 0.15) is 5.56 Å². The van der Waals surface area contributed by atoms with Gasteiger partial charge in [0.05, 0.1) is 11.9 Å². The molecule has 3 rings (SSSR count). The van der Waals surface area contributed by atoms with Crippen LogP contribution in [0.15, 0.2) is 54.7 Å². The average Bonchev–Trinajstić information content (AvgIpc) is 2.98. The maximum Gasteiger partial charge on any atom is 0.323 e. The van der Waals surface area contributed by atoms with Crippen LogP contribution in [0, 0.1) is 5.82 Å². The van der Waals surface area contributed by atoms with Gasteiger partial charge in [-0.2, -0.15) is 5.10 Å². The van der Waals surface area contributed by atoms with E-state index in [0.717, 1.165) is 16.8 Å². The third-order valence-corrected chi connectivity index (χ3v) is 3.89. The Balaban J connectivity index is 1.76. The summed E-state index contributed by atoms with van der Waals surface area (Å²) in [5.74, 6) is -0.362. The summed E-state index contributed by atoms with van der Waals surface area (Å²) in [6.45, 7) is 0.0384. The van der Waals surface area contributed by atoms with E-state index in [1.807, 2.05) is 25.2 Å². The fraction of sp³-hybridized carbons (Fsp3) is 0.158. The number of hydrogen-bond donors (Lipinski definition) is 3. The van der Waals surface area contributed by atoms with Crippen LogP contribution in [-0.4, -0.2) is 27.5 Å².